The van der Waals surface area contributed by atoms with E-state index in [1.54, 1.807) is 14.2 Å². The minimum absolute atomic E-state index is 0.0151. The number of methoxy groups -OCH3 is 2. The zero-order valence-electron chi connectivity index (χ0n) is 11.2. The lowest BCUT2D eigenvalue weighted by Gasteiger charge is -2.28. The van der Waals surface area contributed by atoms with Crippen molar-refractivity contribution in [2.24, 2.45) is 0 Å². The Morgan fingerprint density at radius 2 is 1.88 bits per heavy atom. The first-order valence-corrected chi connectivity index (χ1v) is 6.21. The summed E-state index contributed by atoms with van der Waals surface area (Å²) in [6, 6.07) is 5.92. The molecule has 3 heteroatoms. The van der Waals surface area contributed by atoms with Gasteiger partial charge in [0.1, 0.15) is 11.5 Å². The fraction of sp³-hybridized carbons (Fsp3) is 0.571. The van der Waals surface area contributed by atoms with E-state index < -0.39 is 0 Å². The maximum atomic E-state index is 6.10. The third-order valence-electron chi connectivity index (χ3n) is 2.93. The van der Waals surface area contributed by atoms with E-state index >= 15 is 0 Å². The highest BCUT2D eigenvalue weighted by Gasteiger charge is 2.26. The van der Waals surface area contributed by atoms with E-state index in [9.17, 15) is 0 Å². The molecular formula is C14H21ClO2. The van der Waals surface area contributed by atoms with Crippen LogP contribution in [0, 0.1) is 0 Å². The molecule has 96 valence electrons. The van der Waals surface area contributed by atoms with Crippen LogP contribution in [0.15, 0.2) is 18.2 Å². The van der Waals surface area contributed by atoms with Crippen molar-refractivity contribution in [1.82, 2.24) is 0 Å². The van der Waals surface area contributed by atoms with Crippen molar-refractivity contribution in [1.29, 1.82) is 0 Å². The van der Waals surface area contributed by atoms with Crippen LogP contribution in [0.3, 0.4) is 0 Å². The standard InChI is InChI=1S/C14H21ClO2/c1-10(15)9-14(2,3)12-7-6-11(16-4)8-13(12)17-5/h6-8,10H,9H2,1-5H3. The molecule has 0 aliphatic rings. The summed E-state index contributed by atoms with van der Waals surface area (Å²) in [6.07, 6.45) is 0.900. The average Bonchev–Trinajstić information content (AvgIpc) is 2.26. The number of benzene rings is 1. The Kier molecular flexibility index (Phi) is 4.70. The molecule has 1 aromatic rings. The molecule has 0 spiro atoms. The molecule has 0 saturated heterocycles. The summed E-state index contributed by atoms with van der Waals surface area (Å²) < 4.78 is 10.6. The molecule has 0 N–H and O–H groups in total. The van der Waals surface area contributed by atoms with Crippen molar-refractivity contribution in [2.75, 3.05) is 14.2 Å². The van der Waals surface area contributed by atoms with Gasteiger partial charge in [-0.15, -0.1) is 11.6 Å². The molecule has 1 unspecified atom stereocenters. The molecule has 1 rings (SSSR count). The quantitative estimate of drug-likeness (QED) is 0.742. The van der Waals surface area contributed by atoms with Gasteiger partial charge in [-0.25, -0.2) is 0 Å². The summed E-state index contributed by atoms with van der Waals surface area (Å²) in [5.41, 5.74) is 1.15. The van der Waals surface area contributed by atoms with Gasteiger partial charge in [0, 0.05) is 17.0 Å². The first-order chi connectivity index (χ1) is 7.90. The predicted molar refractivity (Wildman–Crippen MR) is 72.5 cm³/mol. The van der Waals surface area contributed by atoms with Crippen LogP contribution in [0.4, 0.5) is 0 Å². The summed E-state index contributed by atoms with van der Waals surface area (Å²) in [5.74, 6) is 1.66. The highest BCUT2D eigenvalue weighted by molar-refractivity contribution is 6.20. The molecule has 1 aromatic carbocycles. The SMILES string of the molecule is COc1ccc(C(C)(C)CC(C)Cl)c(OC)c1. The van der Waals surface area contributed by atoms with Crippen LogP contribution < -0.4 is 9.47 Å². The second kappa shape index (κ2) is 5.63. The lowest BCUT2D eigenvalue weighted by Crippen LogP contribution is -2.21. The zero-order chi connectivity index (χ0) is 13.1. The van der Waals surface area contributed by atoms with Gasteiger partial charge in [-0.3, -0.25) is 0 Å². The van der Waals surface area contributed by atoms with Crippen LogP contribution in [0.1, 0.15) is 32.8 Å². The summed E-state index contributed by atoms with van der Waals surface area (Å²) in [5, 5.41) is 0.136. The van der Waals surface area contributed by atoms with Crippen LogP contribution in [0.25, 0.3) is 0 Å². The molecule has 17 heavy (non-hydrogen) atoms. The molecule has 0 amide bonds. The van der Waals surface area contributed by atoms with E-state index in [0.717, 1.165) is 23.5 Å². The van der Waals surface area contributed by atoms with E-state index in [1.165, 1.54) is 0 Å². The fourth-order valence-corrected chi connectivity index (χ4v) is 2.56. The number of halogens is 1. The summed E-state index contributed by atoms with van der Waals surface area (Å²) in [7, 11) is 3.33. The predicted octanol–water partition coefficient (Wildman–Crippen LogP) is 4.00. The Bertz CT molecular complexity index is 372. The molecule has 0 aliphatic carbocycles. The van der Waals surface area contributed by atoms with Gasteiger partial charge in [-0.2, -0.15) is 0 Å². The molecular weight excluding hydrogens is 236 g/mol. The number of hydrogen-bond donors (Lipinski definition) is 0. The fourth-order valence-electron chi connectivity index (χ4n) is 2.17. The van der Waals surface area contributed by atoms with E-state index in [4.69, 9.17) is 21.1 Å². The third kappa shape index (κ3) is 3.53. The largest absolute Gasteiger partial charge is 0.497 e. The first-order valence-electron chi connectivity index (χ1n) is 5.77. The number of alkyl halides is 1. The third-order valence-corrected chi connectivity index (χ3v) is 3.08. The topological polar surface area (TPSA) is 18.5 Å². The van der Waals surface area contributed by atoms with Crippen LogP contribution >= 0.6 is 11.6 Å². The maximum absolute atomic E-state index is 6.10. The molecule has 0 heterocycles. The maximum Gasteiger partial charge on any atom is 0.126 e. The van der Waals surface area contributed by atoms with Crippen LogP contribution in [-0.2, 0) is 5.41 Å². The molecule has 1 atom stereocenters. The van der Waals surface area contributed by atoms with Crippen molar-refractivity contribution in [2.45, 2.75) is 38.0 Å². The van der Waals surface area contributed by atoms with Gasteiger partial charge in [0.05, 0.1) is 14.2 Å². The smallest absolute Gasteiger partial charge is 0.126 e. The Balaban J connectivity index is 3.11. The summed E-state index contributed by atoms with van der Waals surface area (Å²) in [6.45, 7) is 6.37. The minimum Gasteiger partial charge on any atom is -0.497 e. The molecule has 0 saturated carbocycles. The van der Waals surface area contributed by atoms with Crippen LogP contribution in [0.2, 0.25) is 0 Å². The summed E-state index contributed by atoms with van der Waals surface area (Å²) in [4.78, 5) is 0. The van der Waals surface area contributed by atoms with Gasteiger partial charge in [0.2, 0.25) is 0 Å². The van der Waals surface area contributed by atoms with Gasteiger partial charge in [-0.05, 0) is 24.8 Å². The molecule has 0 fully saturated rings. The number of hydrogen-bond acceptors (Lipinski definition) is 2. The van der Waals surface area contributed by atoms with Crippen molar-refractivity contribution in [3.63, 3.8) is 0 Å². The van der Waals surface area contributed by atoms with Gasteiger partial charge in [0.25, 0.3) is 0 Å². The highest BCUT2D eigenvalue weighted by atomic mass is 35.5. The van der Waals surface area contributed by atoms with E-state index in [0.29, 0.717) is 0 Å². The number of rotatable bonds is 5. The highest BCUT2D eigenvalue weighted by Crippen LogP contribution is 2.37. The van der Waals surface area contributed by atoms with Crippen molar-refractivity contribution < 1.29 is 9.47 Å². The van der Waals surface area contributed by atoms with Crippen LogP contribution in [-0.4, -0.2) is 19.6 Å². The molecule has 0 aliphatic heterocycles. The van der Waals surface area contributed by atoms with E-state index in [1.807, 2.05) is 19.1 Å². The average molecular weight is 257 g/mol. The molecule has 0 radical (unpaired) electrons. The Labute approximate surface area is 109 Å². The normalized spacial score (nSPS) is 13.3. The van der Waals surface area contributed by atoms with Crippen molar-refractivity contribution in [3.8, 4) is 11.5 Å². The van der Waals surface area contributed by atoms with Gasteiger partial charge >= 0.3 is 0 Å². The van der Waals surface area contributed by atoms with Gasteiger partial charge in [0.15, 0.2) is 0 Å². The Hall–Kier alpha value is -0.890. The van der Waals surface area contributed by atoms with Crippen LogP contribution in [0.5, 0.6) is 11.5 Å². The Morgan fingerprint density at radius 3 is 2.35 bits per heavy atom. The van der Waals surface area contributed by atoms with Crippen molar-refractivity contribution in [3.05, 3.63) is 23.8 Å². The van der Waals surface area contributed by atoms with E-state index in [2.05, 4.69) is 19.9 Å². The molecule has 0 bridgehead atoms. The molecule has 0 aromatic heterocycles. The second-order valence-corrected chi connectivity index (χ2v) is 5.68. The Morgan fingerprint density at radius 1 is 1.24 bits per heavy atom. The monoisotopic (exact) mass is 256 g/mol. The number of ether oxygens (including phenoxy) is 2. The molecule has 2 nitrogen and oxygen atoms in total. The van der Waals surface area contributed by atoms with Gasteiger partial charge in [-0.1, -0.05) is 19.9 Å². The summed E-state index contributed by atoms with van der Waals surface area (Å²) >= 11 is 6.10. The second-order valence-electron chi connectivity index (χ2n) is 4.93. The van der Waals surface area contributed by atoms with Gasteiger partial charge < -0.3 is 9.47 Å². The van der Waals surface area contributed by atoms with E-state index in [-0.39, 0.29) is 10.8 Å². The minimum atomic E-state index is -0.0151. The lowest BCUT2D eigenvalue weighted by atomic mass is 9.80. The first kappa shape index (κ1) is 14.2. The lowest BCUT2D eigenvalue weighted by molar-refractivity contribution is 0.374. The van der Waals surface area contributed by atoms with Crippen molar-refractivity contribution >= 4 is 11.6 Å². The zero-order valence-corrected chi connectivity index (χ0v) is 12.0.